The molecule has 27 heavy (non-hydrogen) atoms. The summed E-state index contributed by atoms with van der Waals surface area (Å²) >= 11 is -1.88. The fourth-order valence-electron chi connectivity index (χ4n) is 3.76. The fraction of sp³-hybridized carbons (Fsp3) is 0.400. The molecule has 144 valence electrons. The van der Waals surface area contributed by atoms with Crippen LogP contribution < -0.4 is 20.3 Å². The molecule has 0 amide bonds. The number of fused-ring (bicyclic) bond motifs is 1. The van der Waals surface area contributed by atoms with Crippen LogP contribution in [0.15, 0.2) is 42.5 Å². The van der Waals surface area contributed by atoms with E-state index in [0.29, 0.717) is 6.61 Å². The number of hydrogen-bond acceptors (Lipinski definition) is 5. The van der Waals surface area contributed by atoms with E-state index in [9.17, 15) is 8.76 Å². The molecule has 0 saturated carbocycles. The fourth-order valence-corrected chi connectivity index (χ4v) is 4.27. The summed E-state index contributed by atoms with van der Waals surface area (Å²) in [5.41, 5.74) is 4.06. The van der Waals surface area contributed by atoms with E-state index in [1.54, 1.807) is 0 Å². The van der Waals surface area contributed by atoms with Gasteiger partial charge in [-0.05, 0) is 23.8 Å². The molecule has 2 aliphatic rings. The van der Waals surface area contributed by atoms with Gasteiger partial charge in [0.1, 0.15) is 5.75 Å². The van der Waals surface area contributed by atoms with Crippen LogP contribution in [0.4, 0.5) is 11.4 Å². The van der Waals surface area contributed by atoms with Gasteiger partial charge >= 0.3 is 0 Å². The maximum absolute atomic E-state index is 11.4. The molecule has 0 bridgehead atoms. The topological polar surface area (TPSA) is 73.8 Å². The molecule has 1 saturated heterocycles. The van der Waals surface area contributed by atoms with E-state index in [1.807, 2.05) is 24.3 Å². The summed E-state index contributed by atoms with van der Waals surface area (Å²) in [5, 5.41) is 6.99. The molecule has 2 aromatic rings. The number of nitrogens with zero attached hydrogens (tertiary/aromatic N) is 1. The van der Waals surface area contributed by atoms with Crippen LogP contribution in [0.3, 0.4) is 0 Å². The summed E-state index contributed by atoms with van der Waals surface area (Å²) in [6, 6.07) is 14.3. The molecule has 7 heteroatoms. The van der Waals surface area contributed by atoms with Crippen LogP contribution in [-0.4, -0.2) is 41.5 Å². The van der Waals surface area contributed by atoms with Crippen molar-refractivity contribution in [3.8, 4) is 5.75 Å². The zero-order chi connectivity index (χ0) is 18.6. The molecule has 0 radical (unpaired) electrons. The highest BCUT2D eigenvalue weighted by molar-refractivity contribution is 7.78. The van der Waals surface area contributed by atoms with E-state index >= 15 is 0 Å². The van der Waals surface area contributed by atoms with Gasteiger partial charge in [-0.1, -0.05) is 24.3 Å². The number of piperazine rings is 1. The van der Waals surface area contributed by atoms with Crippen LogP contribution in [-0.2, 0) is 16.8 Å². The second-order valence-corrected chi connectivity index (χ2v) is 7.85. The van der Waals surface area contributed by atoms with E-state index < -0.39 is 11.1 Å². The number of para-hydroxylation sites is 1. The van der Waals surface area contributed by atoms with Gasteiger partial charge in [0.05, 0.1) is 18.4 Å². The highest BCUT2D eigenvalue weighted by Gasteiger charge is 2.22. The van der Waals surface area contributed by atoms with Gasteiger partial charge in [0, 0.05) is 49.5 Å². The summed E-state index contributed by atoms with van der Waals surface area (Å²) < 4.78 is 26.6. The van der Waals surface area contributed by atoms with Crippen LogP contribution in [0, 0.1) is 0 Å². The maximum atomic E-state index is 11.4. The molecule has 2 atom stereocenters. The zero-order valence-electron chi connectivity index (χ0n) is 15.2. The number of nitrogens with one attached hydrogen (secondary N) is 2. The third kappa shape index (κ3) is 4.26. The van der Waals surface area contributed by atoms with Gasteiger partial charge in [-0.3, -0.25) is 0 Å². The molecule has 0 spiro atoms. The molecular formula is C20H25N3O3S. The van der Waals surface area contributed by atoms with E-state index in [4.69, 9.17) is 4.74 Å². The predicted molar refractivity (Wildman–Crippen MR) is 109 cm³/mol. The van der Waals surface area contributed by atoms with Gasteiger partial charge in [0.25, 0.3) is 0 Å². The first-order valence-corrected chi connectivity index (χ1v) is 10.6. The molecule has 2 aromatic carbocycles. The van der Waals surface area contributed by atoms with Gasteiger partial charge in [0.15, 0.2) is 11.1 Å². The summed E-state index contributed by atoms with van der Waals surface area (Å²) in [5.74, 6) is 1.03. The minimum absolute atomic E-state index is 0.120. The number of benzene rings is 2. The summed E-state index contributed by atoms with van der Waals surface area (Å²) in [4.78, 5) is 2.35. The lowest BCUT2D eigenvalue weighted by atomic mass is 9.99. The van der Waals surface area contributed by atoms with Crippen molar-refractivity contribution >= 4 is 22.5 Å². The van der Waals surface area contributed by atoms with Crippen molar-refractivity contribution in [1.82, 2.24) is 5.32 Å². The first kappa shape index (κ1) is 18.3. The van der Waals surface area contributed by atoms with Gasteiger partial charge in [0.2, 0.25) is 0 Å². The molecule has 3 N–H and O–H groups in total. The van der Waals surface area contributed by atoms with Gasteiger partial charge in [-0.2, -0.15) is 0 Å². The number of rotatable bonds is 5. The molecule has 6 nitrogen and oxygen atoms in total. The van der Waals surface area contributed by atoms with Crippen LogP contribution >= 0.6 is 0 Å². The van der Waals surface area contributed by atoms with E-state index in [0.717, 1.165) is 60.9 Å². The Balaban J connectivity index is 1.64. The van der Waals surface area contributed by atoms with E-state index in [2.05, 4.69) is 33.7 Å². The van der Waals surface area contributed by atoms with E-state index in [-0.39, 0.29) is 11.8 Å². The highest BCUT2D eigenvalue weighted by atomic mass is 32.2. The predicted octanol–water partition coefficient (Wildman–Crippen LogP) is 2.75. The Morgan fingerprint density at radius 2 is 2.04 bits per heavy atom. The Bertz CT molecular complexity index is 824. The minimum Gasteiger partial charge on any atom is -0.493 e. The SMILES string of the molecule is O=S(O)Cc1ccc(N2CCNCC2)cc1NC1CCOc2ccccc21. The summed E-state index contributed by atoms with van der Waals surface area (Å²) in [7, 11) is 0. The number of ether oxygens (including phenoxy) is 1. The largest absolute Gasteiger partial charge is 0.493 e. The third-order valence-electron chi connectivity index (χ3n) is 5.14. The standard InChI is InChI=1S/C20H25N3O3S/c24-27(25)14-15-5-6-16(23-10-8-21-9-11-23)13-19(15)22-18-7-12-26-20-4-2-1-3-17(18)20/h1-6,13,18,21-22H,7-12,14H2,(H,24,25). The lowest BCUT2D eigenvalue weighted by Crippen LogP contribution is -2.43. The Labute approximate surface area is 162 Å². The second kappa shape index (κ2) is 8.29. The Morgan fingerprint density at radius 3 is 2.85 bits per heavy atom. The average molecular weight is 388 g/mol. The van der Waals surface area contributed by atoms with Gasteiger partial charge < -0.3 is 24.8 Å². The molecule has 0 aliphatic carbocycles. The molecular weight excluding hydrogens is 362 g/mol. The van der Waals surface area contributed by atoms with Crippen molar-refractivity contribution in [1.29, 1.82) is 0 Å². The average Bonchev–Trinajstić information content (AvgIpc) is 2.70. The van der Waals surface area contributed by atoms with Crippen LogP contribution in [0.2, 0.25) is 0 Å². The Kier molecular flexibility index (Phi) is 5.61. The number of hydrogen-bond donors (Lipinski definition) is 3. The van der Waals surface area contributed by atoms with Crippen molar-refractivity contribution in [3.05, 3.63) is 53.6 Å². The lowest BCUT2D eigenvalue weighted by Gasteiger charge is -2.31. The van der Waals surface area contributed by atoms with Gasteiger partial charge in [-0.25, -0.2) is 4.21 Å². The molecule has 2 heterocycles. The summed E-state index contributed by atoms with van der Waals surface area (Å²) in [6.07, 6.45) is 0.858. The van der Waals surface area contributed by atoms with Crippen molar-refractivity contribution in [2.24, 2.45) is 0 Å². The molecule has 1 fully saturated rings. The number of anilines is 2. The molecule has 0 aromatic heterocycles. The van der Waals surface area contributed by atoms with Crippen molar-refractivity contribution in [2.75, 3.05) is 43.0 Å². The first-order chi connectivity index (χ1) is 13.2. The third-order valence-corrected chi connectivity index (χ3v) is 5.70. The minimum atomic E-state index is -1.88. The second-order valence-electron chi connectivity index (χ2n) is 6.92. The highest BCUT2D eigenvalue weighted by Crippen LogP contribution is 2.36. The quantitative estimate of drug-likeness (QED) is 0.685. The molecule has 2 unspecified atom stereocenters. The van der Waals surface area contributed by atoms with Crippen LogP contribution in [0.1, 0.15) is 23.6 Å². The van der Waals surface area contributed by atoms with Crippen LogP contribution in [0.25, 0.3) is 0 Å². The van der Waals surface area contributed by atoms with E-state index in [1.165, 1.54) is 0 Å². The normalized spacial score (nSPS) is 20.5. The van der Waals surface area contributed by atoms with Crippen molar-refractivity contribution in [2.45, 2.75) is 18.2 Å². The lowest BCUT2D eigenvalue weighted by molar-refractivity contribution is 0.274. The Morgan fingerprint density at radius 1 is 1.22 bits per heavy atom. The van der Waals surface area contributed by atoms with Gasteiger partial charge in [-0.15, -0.1) is 0 Å². The maximum Gasteiger partial charge on any atom is 0.157 e. The molecule has 4 rings (SSSR count). The molecule has 2 aliphatic heterocycles. The zero-order valence-corrected chi connectivity index (χ0v) is 16.0. The van der Waals surface area contributed by atoms with Crippen molar-refractivity contribution in [3.63, 3.8) is 0 Å². The van der Waals surface area contributed by atoms with Crippen LogP contribution in [0.5, 0.6) is 5.75 Å². The Hall–Kier alpha value is -2.09. The monoisotopic (exact) mass is 387 g/mol. The summed E-state index contributed by atoms with van der Waals surface area (Å²) in [6.45, 7) is 4.53. The van der Waals surface area contributed by atoms with Crippen molar-refractivity contribution < 1.29 is 13.5 Å². The first-order valence-electron chi connectivity index (χ1n) is 9.35. The smallest absolute Gasteiger partial charge is 0.157 e.